The molecular weight excluding hydrogens is 224 g/mol. The number of rotatable bonds is 3. The van der Waals surface area contributed by atoms with Gasteiger partial charge in [0.25, 0.3) is 0 Å². The van der Waals surface area contributed by atoms with E-state index in [1.54, 1.807) is 0 Å². The maximum atomic E-state index is 5.87. The monoisotopic (exact) mass is 248 g/mol. The van der Waals surface area contributed by atoms with Gasteiger partial charge in [-0.05, 0) is 26.3 Å². The lowest BCUT2D eigenvalue weighted by atomic mass is 9.96. The molecule has 1 aromatic carbocycles. The van der Waals surface area contributed by atoms with Gasteiger partial charge in [0.15, 0.2) is 0 Å². The number of aryl methyl sites for hydroxylation is 1. The van der Waals surface area contributed by atoms with Crippen LogP contribution in [0, 0.1) is 6.92 Å². The second kappa shape index (κ2) is 5.83. The Kier molecular flexibility index (Phi) is 4.38. The van der Waals surface area contributed by atoms with E-state index in [4.69, 9.17) is 10.5 Å². The van der Waals surface area contributed by atoms with Gasteiger partial charge in [-0.15, -0.1) is 0 Å². The molecule has 1 saturated heterocycles. The van der Waals surface area contributed by atoms with Crippen LogP contribution in [0.5, 0.6) is 0 Å². The molecule has 1 aliphatic heterocycles. The molecule has 0 radical (unpaired) electrons. The quantitative estimate of drug-likeness (QED) is 0.890. The van der Waals surface area contributed by atoms with Crippen molar-refractivity contribution in [3.63, 3.8) is 0 Å². The maximum absolute atomic E-state index is 5.87. The SMILES string of the molecule is Cc1ccc(C2C(CN)OCCN2C(C)C)cc1. The molecule has 1 aromatic rings. The number of morpholine rings is 1. The first-order valence-electron chi connectivity index (χ1n) is 6.77. The van der Waals surface area contributed by atoms with E-state index in [1.165, 1.54) is 11.1 Å². The summed E-state index contributed by atoms with van der Waals surface area (Å²) in [5, 5.41) is 0. The van der Waals surface area contributed by atoms with E-state index < -0.39 is 0 Å². The van der Waals surface area contributed by atoms with Crippen molar-refractivity contribution in [2.45, 2.75) is 39.0 Å². The summed E-state index contributed by atoms with van der Waals surface area (Å²) in [5.74, 6) is 0. The van der Waals surface area contributed by atoms with Crippen LogP contribution in [0.25, 0.3) is 0 Å². The van der Waals surface area contributed by atoms with E-state index in [0.717, 1.165) is 13.2 Å². The molecule has 18 heavy (non-hydrogen) atoms. The molecule has 0 aromatic heterocycles. The third-order valence-corrected chi connectivity index (χ3v) is 3.71. The van der Waals surface area contributed by atoms with Crippen LogP contribution >= 0.6 is 0 Å². The van der Waals surface area contributed by atoms with Crippen molar-refractivity contribution in [1.82, 2.24) is 4.90 Å². The Balaban J connectivity index is 2.30. The summed E-state index contributed by atoms with van der Waals surface area (Å²) in [6, 6.07) is 9.52. The molecular formula is C15H24N2O. The van der Waals surface area contributed by atoms with Gasteiger partial charge in [-0.2, -0.15) is 0 Å². The van der Waals surface area contributed by atoms with Crippen molar-refractivity contribution in [2.24, 2.45) is 5.73 Å². The largest absolute Gasteiger partial charge is 0.374 e. The number of ether oxygens (including phenoxy) is 1. The van der Waals surface area contributed by atoms with Crippen LogP contribution in [0.15, 0.2) is 24.3 Å². The van der Waals surface area contributed by atoms with E-state index in [0.29, 0.717) is 12.6 Å². The third-order valence-electron chi connectivity index (χ3n) is 3.71. The molecule has 0 spiro atoms. The summed E-state index contributed by atoms with van der Waals surface area (Å²) in [6.07, 6.45) is 0.101. The fourth-order valence-electron chi connectivity index (χ4n) is 2.70. The molecule has 2 atom stereocenters. The molecule has 1 aliphatic rings. The Morgan fingerprint density at radius 2 is 2.00 bits per heavy atom. The van der Waals surface area contributed by atoms with E-state index in [1.807, 2.05) is 0 Å². The molecule has 2 unspecified atom stereocenters. The van der Waals surface area contributed by atoms with Gasteiger partial charge in [-0.25, -0.2) is 0 Å². The van der Waals surface area contributed by atoms with Gasteiger partial charge in [0.1, 0.15) is 0 Å². The molecule has 3 heteroatoms. The Morgan fingerprint density at radius 3 is 2.56 bits per heavy atom. The van der Waals surface area contributed by atoms with E-state index in [2.05, 4.69) is 49.9 Å². The zero-order chi connectivity index (χ0) is 13.1. The Morgan fingerprint density at radius 1 is 1.33 bits per heavy atom. The summed E-state index contributed by atoms with van der Waals surface area (Å²) in [7, 11) is 0. The standard InChI is InChI=1S/C15H24N2O/c1-11(2)17-8-9-18-14(10-16)15(17)13-6-4-12(3)5-7-13/h4-7,11,14-15H,8-10,16H2,1-3H3. The van der Waals surface area contributed by atoms with Gasteiger partial charge in [0.2, 0.25) is 0 Å². The van der Waals surface area contributed by atoms with Gasteiger partial charge in [0, 0.05) is 19.1 Å². The van der Waals surface area contributed by atoms with Gasteiger partial charge in [0.05, 0.1) is 18.8 Å². The van der Waals surface area contributed by atoms with Crippen molar-refractivity contribution in [2.75, 3.05) is 19.7 Å². The molecule has 3 nitrogen and oxygen atoms in total. The van der Waals surface area contributed by atoms with Gasteiger partial charge in [-0.1, -0.05) is 29.8 Å². The predicted octanol–water partition coefficient (Wildman–Crippen LogP) is 2.10. The topological polar surface area (TPSA) is 38.5 Å². The van der Waals surface area contributed by atoms with Crippen LogP contribution in [0.3, 0.4) is 0 Å². The lowest BCUT2D eigenvalue weighted by Crippen LogP contribution is -2.50. The van der Waals surface area contributed by atoms with Crippen molar-refractivity contribution in [3.05, 3.63) is 35.4 Å². The highest BCUT2D eigenvalue weighted by atomic mass is 16.5. The minimum atomic E-state index is 0.101. The molecule has 0 amide bonds. The number of hydrogen-bond acceptors (Lipinski definition) is 3. The molecule has 100 valence electrons. The summed E-state index contributed by atoms with van der Waals surface area (Å²) >= 11 is 0. The molecule has 1 fully saturated rings. The van der Waals surface area contributed by atoms with Crippen LogP contribution in [-0.4, -0.2) is 36.7 Å². The second-order valence-corrected chi connectivity index (χ2v) is 5.33. The molecule has 0 aliphatic carbocycles. The highest BCUT2D eigenvalue weighted by molar-refractivity contribution is 5.25. The molecule has 2 rings (SSSR count). The molecule has 2 N–H and O–H groups in total. The van der Waals surface area contributed by atoms with Gasteiger partial charge in [-0.3, -0.25) is 4.90 Å². The van der Waals surface area contributed by atoms with Crippen LogP contribution in [0.2, 0.25) is 0 Å². The highest BCUT2D eigenvalue weighted by Crippen LogP contribution is 2.30. The van der Waals surface area contributed by atoms with Crippen LogP contribution in [0.4, 0.5) is 0 Å². The Hall–Kier alpha value is -0.900. The van der Waals surface area contributed by atoms with E-state index >= 15 is 0 Å². The summed E-state index contributed by atoms with van der Waals surface area (Å²) in [5.41, 5.74) is 8.47. The average molecular weight is 248 g/mol. The first-order valence-corrected chi connectivity index (χ1v) is 6.77. The number of nitrogens with zero attached hydrogens (tertiary/aromatic N) is 1. The Bertz CT molecular complexity index is 375. The van der Waals surface area contributed by atoms with Crippen LogP contribution in [-0.2, 0) is 4.74 Å². The summed E-state index contributed by atoms with van der Waals surface area (Å²) in [6.45, 7) is 8.92. The fourth-order valence-corrected chi connectivity index (χ4v) is 2.70. The smallest absolute Gasteiger partial charge is 0.0894 e. The zero-order valence-electron chi connectivity index (χ0n) is 11.6. The van der Waals surface area contributed by atoms with Crippen molar-refractivity contribution >= 4 is 0 Å². The number of benzene rings is 1. The molecule has 0 saturated carbocycles. The zero-order valence-corrected chi connectivity index (χ0v) is 11.6. The van der Waals surface area contributed by atoms with Crippen molar-refractivity contribution in [1.29, 1.82) is 0 Å². The lowest BCUT2D eigenvalue weighted by Gasteiger charge is -2.43. The minimum absolute atomic E-state index is 0.101. The third kappa shape index (κ3) is 2.74. The first kappa shape index (κ1) is 13.5. The maximum Gasteiger partial charge on any atom is 0.0894 e. The highest BCUT2D eigenvalue weighted by Gasteiger charge is 2.33. The summed E-state index contributed by atoms with van der Waals surface area (Å²) < 4.78 is 5.84. The van der Waals surface area contributed by atoms with Crippen molar-refractivity contribution < 1.29 is 4.74 Å². The van der Waals surface area contributed by atoms with Gasteiger partial charge >= 0.3 is 0 Å². The number of hydrogen-bond donors (Lipinski definition) is 1. The lowest BCUT2D eigenvalue weighted by molar-refractivity contribution is -0.0789. The summed E-state index contributed by atoms with van der Waals surface area (Å²) in [4.78, 5) is 2.49. The van der Waals surface area contributed by atoms with E-state index in [9.17, 15) is 0 Å². The van der Waals surface area contributed by atoms with Crippen LogP contribution < -0.4 is 5.73 Å². The van der Waals surface area contributed by atoms with Crippen LogP contribution in [0.1, 0.15) is 31.0 Å². The van der Waals surface area contributed by atoms with Gasteiger partial charge < -0.3 is 10.5 Å². The molecule has 1 heterocycles. The van der Waals surface area contributed by atoms with Crippen molar-refractivity contribution in [3.8, 4) is 0 Å². The van der Waals surface area contributed by atoms with E-state index in [-0.39, 0.29) is 12.1 Å². The number of nitrogens with two attached hydrogens (primary N) is 1. The second-order valence-electron chi connectivity index (χ2n) is 5.33. The Labute approximate surface area is 110 Å². The molecule has 0 bridgehead atoms. The first-order chi connectivity index (χ1) is 8.63. The predicted molar refractivity (Wildman–Crippen MR) is 74.6 cm³/mol. The normalized spacial score (nSPS) is 25.6. The average Bonchev–Trinajstić information content (AvgIpc) is 2.38. The minimum Gasteiger partial charge on any atom is -0.374 e. The fraction of sp³-hybridized carbons (Fsp3) is 0.600.